The number of rotatable bonds is 8. The molecule has 26 heavy (non-hydrogen) atoms. The van der Waals surface area contributed by atoms with E-state index >= 15 is 0 Å². The first kappa shape index (κ1) is 17.7. The number of carboxylic acid groups (broad SMARTS) is 1. The molecule has 0 amide bonds. The minimum atomic E-state index is -0.754. The lowest BCUT2D eigenvalue weighted by Crippen LogP contribution is -1.98. The van der Waals surface area contributed by atoms with Crippen molar-refractivity contribution in [3.63, 3.8) is 0 Å². The van der Waals surface area contributed by atoms with Crippen molar-refractivity contribution in [2.45, 2.75) is 25.9 Å². The van der Waals surface area contributed by atoms with Crippen LogP contribution in [0.3, 0.4) is 0 Å². The van der Waals surface area contributed by atoms with Gasteiger partial charge in [0.05, 0.1) is 11.2 Å². The molecule has 1 heterocycles. The van der Waals surface area contributed by atoms with E-state index < -0.39 is 5.97 Å². The number of fused-ring (bicyclic) bond motifs is 1. The average molecular weight is 347 g/mol. The van der Waals surface area contributed by atoms with Crippen LogP contribution in [0.5, 0.6) is 5.75 Å². The Morgan fingerprint density at radius 3 is 2.85 bits per heavy atom. The molecule has 1 aromatic heterocycles. The van der Waals surface area contributed by atoms with Crippen molar-refractivity contribution in [3.8, 4) is 5.75 Å². The number of para-hydroxylation sites is 1. The first-order chi connectivity index (χ1) is 12.7. The highest BCUT2D eigenvalue weighted by Gasteiger charge is 2.00. The van der Waals surface area contributed by atoms with Crippen LogP contribution in [0.15, 0.2) is 66.7 Å². The predicted molar refractivity (Wildman–Crippen MR) is 103 cm³/mol. The normalized spacial score (nSPS) is 11.1. The maximum atomic E-state index is 10.5. The first-order valence-corrected chi connectivity index (χ1v) is 8.66. The molecule has 0 spiro atoms. The molecule has 3 rings (SSSR count). The zero-order valence-corrected chi connectivity index (χ0v) is 14.5. The zero-order chi connectivity index (χ0) is 18.2. The van der Waals surface area contributed by atoms with Gasteiger partial charge < -0.3 is 9.84 Å². The number of carboxylic acids is 1. The molecule has 0 atom stereocenters. The van der Waals surface area contributed by atoms with Gasteiger partial charge in [-0.05, 0) is 42.7 Å². The summed E-state index contributed by atoms with van der Waals surface area (Å²) in [6.45, 7) is 0.413. The molecule has 0 bridgehead atoms. The molecule has 0 unspecified atom stereocenters. The van der Waals surface area contributed by atoms with Crippen LogP contribution in [-0.4, -0.2) is 16.1 Å². The SMILES string of the molecule is O=C(O)CCCC=Cc1cccc(OCc2ccc3ccccc3n2)c1. The van der Waals surface area contributed by atoms with E-state index in [9.17, 15) is 4.79 Å². The molecular weight excluding hydrogens is 326 g/mol. The molecule has 0 saturated heterocycles. The molecule has 0 aliphatic carbocycles. The highest BCUT2D eigenvalue weighted by molar-refractivity contribution is 5.78. The summed E-state index contributed by atoms with van der Waals surface area (Å²) in [5.74, 6) is 0.0312. The number of hydrogen-bond acceptors (Lipinski definition) is 3. The lowest BCUT2D eigenvalue weighted by Gasteiger charge is -2.07. The number of allylic oxidation sites excluding steroid dienone is 1. The van der Waals surface area contributed by atoms with Gasteiger partial charge in [0.15, 0.2) is 0 Å². The fraction of sp³-hybridized carbons (Fsp3) is 0.182. The number of aliphatic carboxylic acids is 1. The number of carbonyl (C=O) groups is 1. The first-order valence-electron chi connectivity index (χ1n) is 8.66. The number of unbranched alkanes of at least 4 members (excludes halogenated alkanes) is 1. The second-order valence-electron chi connectivity index (χ2n) is 6.04. The van der Waals surface area contributed by atoms with Crippen LogP contribution in [-0.2, 0) is 11.4 Å². The Kier molecular flexibility index (Phi) is 5.99. The third-order valence-corrected chi connectivity index (χ3v) is 3.97. The molecule has 3 aromatic rings. The Hall–Kier alpha value is -3.14. The molecule has 4 heteroatoms. The summed E-state index contributed by atoms with van der Waals surface area (Å²) in [5.41, 5.74) is 2.88. The molecule has 2 aromatic carbocycles. The monoisotopic (exact) mass is 347 g/mol. The van der Waals surface area contributed by atoms with E-state index in [2.05, 4.69) is 11.1 Å². The maximum Gasteiger partial charge on any atom is 0.303 e. The maximum absolute atomic E-state index is 10.5. The van der Waals surface area contributed by atoms with E-state index in [1.54, 1.807) is 0 Å². The molecular formula is C22H21NO3. The second-order valence-corrected chi connectivity index (χ2v) is 6.04. The van der Waals surface area contributed by atoms with Crippen molar-refractivity contribution < 1.29 is 14.6 Å². The van der Waals surface area contributed by atoms with Gasteiger partial charge in [0, 0.05) is 11.8 Å². The Morgan fingerprint density at radius 1 is 1.08 bits per heavy atom. The number of aromatic nitrogens is 1. The minimum Gasteiger partial charge on any atom is -0.487 e. The summed E-state index contributed by atoms with van der Waals surface area (Å²) in [5, 5.41) is 9.75. The zero-order valence-electron chi connectivity index (χ0n) is 14.5. The smallest absolute Gasteiger partial charge is 0.303 e. The van der Waals surface area contributed by atoms with Crippen LogP contribution < -0.4 is 4.74 Å². The number of ether oxygens (including phenoxy) is 1. The van der Waals surface area contributed by atoms with Crippen molar-refractivity contribution >= 4 is 22.9 Å². The molecule has 4 nitrogen and oxygen atoms in total. The van der Waals surface area contributed by atoms with Crippen LogP contribution in [0.2, 0.25) is 0 Å². The Morgan fingerprint density at radius 2 is 1.96 bits per heavy atom. The van der Waals surface area contributed by atoms with E-state index in [-0.39, 0.29) is 6.42 Å². The standard InChI is InChI=1S/C22H21NO3/c24-22(25)12-3-1-2-7-17-8-6-10-20(15-17)26-16-19-14-13-18-9-4-5-11-21(18)23-19/h2,4-11,13-15H,1,3,12,16H2,(H,24,25). The van der Waals surface area contributed by atoms with Gasteiger partial charge in [-0.1, -0.05) is 48.6 Å². The van der Waals surface area contributed by atoms with Crippen LogP contribution in [0, 0.1) is 0 Å². The van der Waals surface area contributed by atoms with Gasteiger partial charge in [-0.2, -0.15) is 0 Å². The van der Waals surface area contributed by atoms with Crippen LogP contribution >= 0.6 is 0 Å². The lowest BCUT2D eigenvalue weighted by molar-refractivity contribution is -0.137. The summed E-state index contributed by atoms with van der Waals surface area (Å²) < 4.78 is 5.87. The second kappa shape index (κ2) is 8.81. The van der Waals surface area contributed by atoms with Crippen molar-refractivity contribution in [2.24, 2.45) is 0 Å². The van der Waals surface area contributed by atoms with Gasteiger partial charge in [0.2, 0.25) is 0 Å². The number of hydrogen-bond donors (Lipinski definition) is 1. The predicted octanol–water partition coefficient (Wildman–Crippen LogP) is 5.08. The summed E-state index contributed by atoms with van der Waals surface area (Å²) in [6, 6.07) is 19.9. The van der Waals surface area contributed by atoms with Gasteiger partial charge in [0.25, 0.3) is 0 Å². The number of pyridine rings is 1. The van der Waals surface area contributed by atoms with Crippen LogP contribution in [0.4, 0.5) is 0 Å². The van der Waals surface area contributed by atoms with Crippen molar-refractivity contribution in [1.29, 1.82) is 0 Å². The van der Waals surface area contributed by atoms with E-state index in [0.29, 0.717) is 13.0 Å². The number of benzene rings is 2. The fourth-order valence-electron chi connectivity index (χ4n) is 2.64. The van der Waals surface area contributed by atoms with Gasteiger partial charge in [-0.3, -0.25) is 4.79 Å². The molecule has 132 valence electrons. The third-order valence-electron chi connectivity index (χ3n) is 3.97. The van der Waals surface area contributed by atoms with Crippen LogP contribution in [0.1, 0.15) is 30.5 Å². The van der Waals surface area contributed by atoms with Crippen molar-refractivity contribution in [1.82, 2.24) is 4.98 Å². The van der Waals surface area contributed by atoms with E-state index in [1.807, 2.05) is 66.7 Å². The summed E-state index contributed by atoms with van der Waals surface area (Å²) in [7, 11) is 0. The Balaban J connectivity index is 1.57. The van der Waals surface area contributed by atoms with E-state index in [1.165, 1.54) is 0 Å². The topological polar surface area (TPSA) is 59.4 Å². The van der Waals surface area contributed by atoms with Gasteiger partial charge in [0.1, 0.15) is 12.4 Å². The van der Waals surface area contributed by atoms with Gasteiger partial charge in [-0.25, -0.2) is 4.98 Å². The molecule has 0 fully saturated rings. The highest BCUT2D eigenvalue weighted by Crippen LogP contribution is 2.17. The molecule has 0 saturated carbocycles. The molecule has 0 aliphatic rings. The van der Waals surface area contributed by atoms with Gasteiger partial charge >= 0.3 is 5.97 Å². The third kappa shape index (κ3) is 5.18. The molecule has 0 radical (unpaired) electrons. The Labute approximate surface area is 152 Å². The summed E-state index contributed by atoms with van der Waals surface area (Å²) in [4.78, 5) is 15.1. The van der Waals surface area contributed by atoms with Crippen LogP contribution in [0.25, 0.3) is 17.0 Å². The minimum absolute atomic E-state index is 0.201. The Bertz CT molecular complexity index is 918. The number of nitrogens with zero attached hydrogens (tertiary/aromatic N) is 1. The van der Waals surface area contributed by atoms with Crippen molar-refractivity contribution in [3.05, 3.63) is 78.0 Å². The van der Waals surface area contributed by atoms with E-state index in [0.717, 1.165) is 34.3 Å². The molecule has 1 N–H and O–H groups in total. The summed E-state index contributed by atoms with van der Waals surface area (Å²) in [6.07, 6.45) is 5.58. The lowest BCUT2D eigenvalue weighted by atomic mass is 10.1. The average Bonchev–Trinajstić information content (AvgIpc) is 2.66. The van der Waals surface area contributed by atoms with Gasteiger partial charge in [-0.15, -0.1) is 0 Å². The molecule has 0 aliphatic heterocycles. The largest absolute Gasteiger partial charge is 0.487 e. The quantitative estimate of drug-likeness (QED) is 0.577. The van der Waals surface area contributed by atoms with E-state index in [4.69, 9.17) is 9.84 Å². The fourth-order valence-corrected chi connectivity index (χ4v) is 2.64. The highest BCUT2D eigenvalue weighted by atomic mass is 16.5. The van der Waals surface area contributed by atoms with Crippen molar-refractivity contribution in [2.75, 3.05) is 0 Å². The summed E-state index contributed by atoms with van der Waals surface area (Å²) >= 11 is 0.